The van der Waals surface area contributed by atoms with Gasteiger partial charge in [-0.2, -0.15) is 11.8 Å². The molecular weight excluding hydrogens is 218 g/mol. The molecule has 0 aromatic carbocycles. The van der Waals surface area contributed by atoms with Gasteiger partial charge >= 0.3 is 0 Å². The molecule has 1 unspecified atom stereocenters. The van der Waals surface area contributed by atoms with Crippen LogP contribution in [0.5, 0.6) is 0 Å². The number of nitrogens with zero attached hydrogens (tertiary/aromatic N) is 2. The number of imidazole rings is 1. The molecule has 0 aliphatic rings. The van der Waals surface area contributed by atoms with Crippen molar-refractivity contribution in [2.45, 2.75) is 40.3 Å². The monoisotopic (exact) mass is 241 g/mol. The van der Waals surface area contributed by atoms with E-state index in [0.717, 1.165) is 18.2 Å². The van der Waals surface area contributed by atoms with E-state index < -0.39 is 0 Å². The molecule has 1 aromatic rings. The first-order chi connectivity index (χ1) is 7.63. The number of hydrogen-bond donors (Lipinski definition) is 1. The molecule has 4 heteroatoms. The zero-order valence-corrected chi connectivity index (χ0v) is 11.5. The first kappa shape index (κ1) is 13.4. The molecule has 0 radical (unpaired) electrons. The summed E-state index contributed by atoms with van der Waals surface area (Å²) in [7, 11) is 0. The number of thioether (sulfide) groups is 1. The van der Waals surface area contributed by atoms with E-state index in [-0.39, 0.29) is 0 Å². The Kier molecular flexibility index (Phi) is 5.74. The highest BCUT2D eigenvalue weighted by atomic mass is 32.2. The van der Waals surface area contributed by atoms with E-state index in [9.17, 15) is 0 Å². The number of aromatic nitrogens is 2. The van der Waals surface area contributed by atoms with E-state index in [4.69, 9.17) is 0 Å². The molecule has 1 rings (SSSR count). The Morgan fingerprint density at radius 1 is 1.44 bits per heavy atom. The smallest absolute Gasteiger partial charge is 0.203 e. The summed E-state index contributed by atoms with van der Waals surface area (Å²) in [6.07, 6.45) is 3.91. The molecule has 0 spiro atoms. The fraction of sp³-hybridized carbons (Fsp3) is 0.750. The average molecular weight is 241 g/mol. The van der Waals surface area contributed by atoms with Gasteiger partial charge in [-0.3, -0.25) is 0 Å². The third kappa shape index (κ3) is 4.47. The Hall–Kier alpha value is -0.640. The number of hydrogen-bond acceptors (Lipinski definition) is 3. The van der Waals surface area contributed by atoms with Crippen LogP contribution in [0.4, 0.5) is 5.95 Å². The second-order valence-electron chi connectivity index (χ2n) is 4.50. The van der Waals surface area contributed by atoms with Crippen molar-refractivity contribution < 1.29 is 0 Å². The van der Waals surface area contributed by atoms with Crippen LogP contribution in [0.2, 0.25) is 0 Å². The lowest BCUT2D eigenvalue weighted by Gasteiger charge is -2.16. The van der Waals surface area contributed by atoms with Crippen LogP contribution in [0.1, 0.15) is 27.7 Å². The van der Waals surface area contributed by atoms with Gasteiger partial charge in [0.15, 0.2) is 0 Å². The first-order valence-electron chi connectivity index (χ1n) is 5.98. The van der Waals surface area contributed by atoms with E-state index in [0.29, 0.717) is 12.0 Å². The zero-order valence-electron chi connectivity index (χ0n) is 10.7. The SMILES string of the molecule is CCSCC(C)Nc1nccn1CC(C)C. The summed E-state index contributed by atoms with van der Waals surface area (Å²) in [5, 5.41) is 3.46. The first-order valence-corrected chi connectivity index (χ1v) is 7.14. The fourth-order valence-electron chi connectivity index (χ4n) is 1.55. The minimum Gasteiger partial charge on any atom is -0.352 e. The summed E-state index contributed by atoms with van der Waals surface area (Å²) < 4.78 is 2.19. The van der Waals surface area contributed by atoms with E-state index in [1.165, 1.54) is 5.75 Å². The normalized spacial score (nSPS) is 13.1. The molecule has 1 atom stereocenters. The molecule has 16 heavy (non-hydrogen) atoms. The second kappa shape index (κ2) is 6.84. The van der Waals surface area contributed by atoms with Crippen LogP contribution in [0.25, 0.3) is 0 Å². The Morgan fingerprint density at radius 3 is 2.81 bits per heavy atom. The molecule has 0 saturated carbocycles. The van der Waals surface area contributed by atoms with Crippen molar-refractivity contribution in [2.24, 2.45) is 5.92 Å². The summed E-state index contributed by atoms with van der Waals surface area (Å²) >= 11 is 1.96. The third-order valence-corrected chi connectivity index (χ3v) is 3.37. The molecule has 3 nitrogen and oxygen atoms in total. The van der Waals surface area contributed by atoms with Crippen LogP contribution in [-0.4, -0.2) is 27.1 Å². The predicted octanol–water partition coefficient (Wildman–Crippen LogP) is 3.09. The van der Waals surface area contributed by atoms with Crippen LogP contribution in [-0.2, 0) is 6.54 Å². The van der Waals surface area contributed by atoms with Crippen LogP contribution >= 0.6 is 11.8 Å². The van der Waals surface area contributed by atoms with E-state index >= 15 is 0 Å². The molecule has 92 valence electrons. The topological polar surface area (TPSA) is 29.9 Å². The van der Waals surface area contributed by atoms with Gasteiger partial charge in [-0.15, -0.1) is 0 Å². The highest BCUT2D eigenvalue weighted by Gasteiger charge is 2.07. The van der Waals surface area contributed by atoms with Crippen LogP contribution in [0.3, 0.4) is 0 Å². The van der Waals surface area contributed by atoms with E-state index in [2.05, 4.69) is 42.6 Å². The molecule has 0 saturated heterocycles. The highest BCUT2D eigenvalue weighted by molar-refractivity contribution is 7.99. The predicted molar refractivity (Wildman–Crippen MR) is 73.1 cm³/mol. The summed E-state index contributed by atoms with van der Waals surface area (Å²) in [4.78, 5) is 4.36. The number of anilines is 1. The second-order valence-corrected chi connectivity index (χ2v) is 5.82. The van der Waals surface area contributed by atoms with Crippen molar-refractivity contribution in [1.82, 2.24) is 9.55 Å². The van der Waals surface area contributed by atoms with Crippen molar-refractivity contribution in [3.05, 3.63) is 12.4 Å². The molecule has 1 aromatic heterocycles. The lowest BCUT2D eigenvalue weighted by molar-refractivity contribution is 0.525. The minimum absolute atomic E-state index is 0.471. The van der Waals surface area contributed by atoms with Gasteiger partial charge in [0.1, 0.15) is 0 Å². The third-order valence-electron chi connectivity index (χ3n) is 2.22. The van der Waals surface area contributed by atoms with Crippen LogP contribution < -0.4 is 5.32 Å². The van der Waals surface area contributed by atoms with Gasteiger partial charge in [0.2, 0.25) is 5.95 Å². The van der Waals surface area contributed by atoms with Gasteiger partial charge in [-0.25, -0.2) is 4.98 Å². The molecule has 0 bridgehead atoms. The molecular formula is C12H23N3S. The van der Waals surface area contributed by atoms with Gasteiger partial charge in [0.05, 0.1) is 0 Å². The highest BCUT2D eigenvalue weighted by Crippen LogP contribution is 2.11. The molecule has 0 fully saturated rings. The van der Waals surface area contributed by atoms with Gasteiger partial charge < -0.3 is 9.88 Å². The molecule has 1 N–H and O–H groups in total. The maximum Gasteiger partial charge on any atom is 0.203 e. The Morgan fingerprint density at radius 2 is 2.19 bits per heavy atom. The van der Waals surface area contributed by atoms with Crippen molar-refractivity contribution >= 4 is 17.7 Å². The molecule has 0 amide bonds. The van der Waals surface area contributed by atoms with Crippen molar-refractivity contribution in [2.75, 3.05) is 16.8 Å². The van der Waals surface area contributed by atoms with Gasteiger partial charge in [-0.1, -0.05) is 20.8 Å². The van der Waals surface area contributed by atoms with E-state index in [1.54, 1.807) is 0 Å². The summed E-state index contributed by atoms with van der Waals surface area (Å²) in [5.41, 5.74) is 0. The molecule has 1 heterocycles. The summed E-state index contributed by atoms with van der Waals surface area (Å²) in [6, 6.07) is 0.471. The van der Waals surface area contributed by atoms with Crippen LogP contribution in [0.15, 0.2) is 12.4 Å². The lowest BCUT2D eigenvalue weighted by atomic mass is 10.2. The summed E-state index contributed by atoms with van der Waals surface area (Å²) in [6.45, 7) is 9.87. The Labute approximate surface area is 103 Å². The average Bonchev–Trinajstić information content (AvgIpc) is 2.62. The standard InChI is InChI=1S/C12H23N3S/c1-5-16-9-11(4)14-12-13-6-7-15(12)8-10(2)3/h6-7,10-11H,5,8-9H2,1-4H3,(H,13,14). The molecule has 0 aliphatic carbocycles. The quantitative estimate of drug-likeness (QED) is 0.795. The van der Waals surface area contributed by atoms with Gasteiger partial charge in [0, 0.05) is 30.7 Å². The maximum absolute atomic E-state index is 4.36. The number of rotatable bonds is 7. The fourth-order valence-corrected chi connectivity index (χ4v) is 2.22. The minimum atomic E-state index is 0.471. The summed E-state index contributed by atoms with van der Waals surface area (Å²) in [5.74, 6) is 3.95. The lowest BCUT2D eigenvalue weighted by Crippen LogP contribution is -2.21. The zero-order chi connectivity index (χ0) is 12.0. The maximum atomic E-state index is 4.36. The van der Waals surface area contributed by atoms with Crippen molar-refractivity contribution in [3.8, 4) is 0 Å². The Bertz CT molecular complexity index is 296. The molecule has 0 aliphatic heterocycles. The largest absolute Gasteiger partial charge is 0.352 e. The van der Waals surface area contributed by atoms with Crippen molar-refractivity contribution in [1.29, 1.82) is 0 Å². The van der Waals surface area contributed by atoms with E-state index in [1.807, 2.05) is 24.2 Å². The number of nitrogens with one attached hydrogen (secondary N) is 1. The van der Waals surface area contributed by atoms with Crippen molar-refractivity contribution in [3.63, 3.8) is 0 Å². The Balaban J connectivity index is 2.49. The van der Waals surface area contributed by atoms with Crippen LogP contribution in [0, 0.1) is 5.92 Å². The van der Waals surface area contributed by atoms with Gasteiger partial charge in [-0.05, 0) is 18.6 Å². The van der Waals surface area contributed by atoms with Gasteiger partial charge in [0.25, 0.3) is 0 Å².